The van der Waals surface area contributed by atoms with Gasteiger partial charge >= 0.3 is 0 Å². The summed E-state index contributed by atoms with van der Waals surface area (Å²) in [6.07, 6.45) is 4.39. The first-order valence-electron chi connectivity index (χ1n) is 20.3. The molecule has 2 aromatic rings. The highest BCUT2D eigenvalue weighted by Crippen LogP contribution is 2.51. The molecule has 10 nitrogen and oxygen atoms in total. The van der Waals surface area contributed by atoms with Crippen LogP contribution in [0, 0.1) is 0 Å². The summed E-state index contributed by atoms with van der Waals surface area (Å²) < 4.78 is 38.3. The Kier molecular flexibility index (Phi) is 12.7. The van der Waals surface area contributed by atoms with E-state index in [-0.39, 0.29) is 46.6 Å². The zero-order chi connectivity index (χ0) is 38.8. The van der Waals surface area contributed by atoms with Gasteiger partial charge in [-0.3, -0.25) is 9.68 Å². The normalized spacial score (nSPS) is 28.0. The number of benzene rings is 2. The molecule has 4 fully saturated rings. The first kappa shape index (κ1) is 41.7. The number of unbranched alkanes of at least 4 members (excludes halogenated alkanes) is 1. The van der Waals surface area contributed by atoms with Gasteiger partial charge in [0.15, 0.2) is 11.6 Å². The molecule has 0 aromatic heterocycles. The van der Waals surface area contributed by atoms with Crippen molar-refractivity contribution in [1.29, 1.82) is 0 Å². The Labute approximate surface area is 324 Å². The Morgan fingerprint density at radius 3 is 1.22 bits per heavy atom. The predicted octanol–water partition coefficient (Wildman–Crippen LogP) is 8.71. The topological polar surface area (TPSA) is 80.3 Å². The van der Waals surface area contributed by atoms with E-state index in [9.17, 15) is 0 Å². The minimum atomic E-state index is -0.646. The number of hydrogen-bond acceptors (Lipinski definition) is 10. The Hall–Kier alpha value is -1.96. The second-order valence-corrected chi connectivity index (χ2v) is 18.6. The highest BCUT2D eigenvalue weighted by atomic mass is 16.8. The number of rotatable bonds is 15. The maximum absolute atomic E-state index is 6.63. The zero-order valence-electron chi connectivity index (χ0n) is 34.7. The SMILES string of the molecule is CC(ON1C(C)(C)CC2(CC1(C)C)OCC(COCCCCOCC1COC3(CC(C)(C)N(OC(C)c4ccccc4)C(C)(C)C3)O1)O2)c1ccccc1. The summed E-state index contributed by atoms with van der Waals surface area (Å²) in [5, 5.41) is 4.33. The van der Waals surface area contributed by atoms with Crippen molar-refractivity contribution in [2.45, 2.75) is 166 Å². The van der Waals surface area contributed by atoms with Crippen LogP contribution in [0.5, 0.6) is 0 Å². The molecule has 0 saturated carbocycles. The minimum absolute atomic E-state index is 0.0579. The summed E-state index contributed by atoms with van der Waals surface area (Å²) in [5.41, 5.74) is 1.15. The van der Waals surface area contributed by atoms with Crippen LogP contribution in [0.1, 0.15) is 131 Å². The molecular formula is C44H68N2O8. The molecule has 54 heavy (non-hydrogen) atoms. The first-order valence-corrected chi connectivity index (χ1v) is 20.3. The quantitative estimate of drug-likeness (QED) is 0.165. The monoisotopic (exact) mass is 752 g/mol. The Bertz CT molecular complexity index is 1340. The number of piperidine rings is 2. The van der Waals surface area contributed by atoms with Crippen molar-refractivity contribution >= 4 is 0 Å². The smallest absolute Gasteiger partial charge is 0.172 e. The molecular weight excluding hydrogens is 684 g/mol. The van der Waals surface area contributed by atoms with Crippen LogP contribution < -0.4 is 0 Å². The maximum Gasteiger partial charge on any atom is 0.172 e. The summed E-state index contributed by atoms with van der Waals surface area (Å²) in [6.45, 7) is 25.3. The predicted molar refractivity (Wildman–Crippen MR) is 208 cm³/mol. The lowest BCUT2D eigenvalue weighted by molar-refractivity contribution is -0.352. The lowest BCUT2D eigenvalue weighted by Gasteiger charge is -2.56. The number of ether oxygens (including phenoxy) is 6. The van der Waals surface area contributed by atoms with Gasteiger partial charge in [-0.15, -0.1) is 0 Å². The van der Waals surface area contributed by atoms with E-state index in [1.54, 1.807) is 0 Å². The van der Waals surface area contributed by atoms with E-state index in [2.05, 4.69) is 128 Å². The number of hydroxylamine groups is 4. The van der Waals surface area contributed by atoms with Crippen molar-refractivity contribution in [2.24, 2.45) is 0 Å². The Morgan fingerprint density at radius 1 is 0.556 bits per heavy atom. The average Bonchev–Trinajstić information content (AvgIpc) is 3.67. The molecule has 0 amide bonds. The van der Waals surface area contributed by atoms with Crippen molar-refractivity contribution in [3.8, 4) is 0 Å². The largest absolute Gasteiger partial charge is 0.379 e. The van der Waals surface area contributed by atoms with E-state index in [0.29, 0.717) is 65.3 Å². The molecule has 0 radical (unpaired) electrons. The van der Waals surface area contributed by atoms with E-state index in [0.717, 1.165) is 24.0 Å². The van der Waals surface area contributed by atoms with Crippen LogP contribution in [0.3, 0.4) is 0 Å². The molecule has 4 unspecified atom stereocenters. The molecule has 4 saturated heterocycles. The van der Waals surface area contributed by atoms with Crippen molar-refractivity contribution < 1.29 is 38.1 Å². The van der Waals surface area contributed by atoms with Crippen LogP contribution in [-0.4, -0.2) is 95.7 Å². The molecule has 4 aliphatic heterocycles. The molecule has 4 atom stereocenters. The Balaban J connectivity index is 0.869. The standard InChI is InChI=1S/C44H68N2O8/c1-33(35-19-13-11-14-20-35)53-45-39(3,4)29-43(30-40(45,5)6)49-27-37(51-43)25-47-23-17-18-24-48-26-38-28-50-44(52-38)31-41(7,8)46(42(9,10)32-44)54-34(2)36-21-15-12-16-22-36/h11-16,19-22,33-34,37-38H,17-18,23-32H2,1-10H3. The summed E-state index contributed by atoms with van der Waals surface area (Å²) in [5.74, 6) is -1.29. The highest BCUT2D eigenvalue weighted by molar-refractivity contribution is 5.18. The van der Waals surface area contributed by atoms with Gasteiger partial charge in [0.1, 0.15) is 24.4 Å². The van der Waals surface area contributed by atoms with E-state index in [1.807, 2.05) is 12.1 Å². The average molecular weight is 753 g/mol. The lowest BCUT2D eigenvalue weighted by atomic mass is 9.78. The fourth-order valence-electron chi connectivity index (χ4n) is 9.75. The first-order chi connectivity index (χ1) is 25.4. The van der Waals surface area contributed by atoms with Crippen molar-refractivity contribution in [3.05, 3.63) is 71.8 Å². The molecule has 6 rings (SSSR count). The second-order valence-electron chi connectivity index (χ2n) is 18.6. The summed E-state index contributed by atoms with van der Waals surface area (Å²) in [4.78, 5) is 13.2. The van der Waals surface area contributed by atoms with E-state index in [1.165, 1.54) is 0 Å². The zero-order valence-corrected chi connectivity index (χ0v) is 34.7. The van der Waals surface area contributed by atoms with Crippen LogP contribution in [-0.2, 0) is 38.1 Å². The van der Waals surface area contributed by atoms with Gasteiger partial charge in [0, 0.05) is 61.1 Å². The molecule has 0 N–H and O–H groups in total. The van der Waals surface area contributed by atoms with Gasteiger partial charge in [0.05, 0.1) is 26.4 Å². The molecule has 0 bridgehead atoms. The third kappa shape index (κ3) is 9.76. The maximum atomic E-state index is 6.63. The third-order valence-electron chi connectivity index (χ3n) is 11.3. The molecule has 0 aliphatic carbocycles. The summed E-state index contributed by atoms with van der Waals surface area (Å²) in [6, 6.07) is 20.7. The third-order valence-corrected chi connectivity index (χ3v) is 11.3. The van der Waals surface area contributed by atoms with Gasteiger partial charge in [0.25, 0.3) is 0 Å². The van der Waals surface area contributed by atoms with Gasteiger partial charge in [0.2, 0.25) is 0 Å². The lowest BCUT2D eigenvalue weighted by Crippen LogP contribution is -2.65. The van der Waals surface area contributed by atoms with Crippen LogP contribution in [0.4, 0.5) is 0 Å². The molecule has 2 aromatic carbocycles. The van der Waals surface area contributed by atoms with Gasteiger partial charge in [-0.25, -0.2) is 0 Å². The molecule has 4 heterocycles. The Morgan fingerprint density at radius 2 is 0.889 bits per heavy atom. The molecule has 4 aliphatic rings. The van der Waals surface area contributed by atoms with E-state index >= 15 is 0 Å². The van der Waals surface area contributed by atoms with Crippen LogP contribution in [0.15, 0.2) is 60.7 Å². The second kappa shape index (κ2) is 16.5. The van der Waals surface area contributed by atoms with E-state index < -0.39 is 11.6 Å². The van der Waals surface area contributed by atoms with Gasteiger partial charge in [-0.05, 0) is 93.2 Å². The summed E-state index contributed by atoms with van der Waals surface area (Å²) >= 11 is 0. The molecule has 302 valence electrons. The highest BCUT2D eigenvalue weighted by Gasteiger charge is 2.59. The number of hydrogen-bond donors (Lipinski definition) is 0. The summed E-state index contributed by atoms with van der Waals surface area (Å²) in [7, 11) is 0. The van der Waals surface area contributed by atoms with Crippen molar-refractivity contribution in [1.82, 2.24) is 10.1 Å². The van der Waals surface area contributed by atoms with Crippen molar-refractivity contribution in [2.75, 3.05) is 39.6 Å². The van der Waals surface area contributed by atoms with Gasteiger partial charge < -0.3 is 28.4 Å². The van der Waals surface area contributed by atoms with Gasteiger partial charge in [-0.2, -0.15) is 10.1 Å². The molecule has 10 heteroatoms. The van der Waals surface area contributed by atoms with E-state index in [4.69, 9.17) is 38.1 Å². The molecule has 2 spiro atoms. The number of nitrogens with zero attached hydrogens (tertiary/aromatic N) is 2. The van der Waals surface area contributed by atoms with Crippen LogP contribution in [0.2, 0.25) is 0 Å². The van der Waals surface area contributed by atoms with Crippen molar-refractivity contribution in [3.63, 3.8) is 0 Å². The van der Waals surface area contributed by atoms with Crippen LogP contribution >= 0.6 is 0 Å². The van der Waals surface area contributed by atoms with Gasteiger partial charge in [-0.1, -0.05) is 60.7 Å². The van der Waals surface area contributed by atoms with Crippen LogP contribution in [0.25, 0.3) is 0 Å². The minimum Gasteiger partial charge on any atom is -0.379 e. The fraction of sp³-hybridized carbons (Fsp3) is 0.727. The fourth-order valence-corrected chi connectivity index (χ4v) is 9.75.